The van der Waals surface area contributed by atoms with Crippen LogP contribution in [0.1, 0.15) is 12.6 Å². The maximum atomic E-state index is 12.9. The Hall–Kier alpha value is -2.93. The number of nitrogens with zero attached hydrogens (tertiary/aromatic N) is 3. The molecule has 0 aliphatic heterocycles. The third kappa shape index (κ3) is 4.00. The third-order valence-electron chi connectivity index (χ3n) is 3.83. The van der Waals surface area contributed by atoms with E-state index in [4.69, 9.17) is 0 Å². The van der Waals surface area contributed by atoms with E-state index in [-0.39, 0.29) is 4.90 Å². The Labute approximate surface area is 153 Å². The van der Waals surface area contributed by atoms with Crippen LogP contribution in [0.5, 0.6) is 0 Å². The molecule has 7 heteroatoms. The molecule has 6 nitrogen and oxygen atoms in total. The lowest BCUT2D eigenvalue weighted by molar-refractivity contribution is 0.591. The summed E-state index contributed by atoms with van der Waals surface area (Å²) in [6, 6.07) is 17.9. The van der Waals surface area contributed by atoms with Crippen molar-refractivity contribution in [1.82, 2.24) is 9.97 Å². The van der Waals surface area contributed by atoms with Crippen LogP contribution in [0.15, 0.2) is 78.0 Å². The topological polar surface area (TPSA) is 75.2 Å². The average molecular weight is 368 g/mol. The van der Waals surface area contributed by atoms with Crippen molar-refractivity contribution in [2.45, 2.75) is 18.4 Å². The standard InChI is InChI=1S/C19H20N4O2S/c1-2-23(17-9-4-3-5-10-17)26(24,25)18-11-12-19(22-15-18)21-14-16-8-6-7-13-20-16/h3-13,15H,2,14H2,1H3,(H,21,22). The first-order valence-electron chi connectivity index (χ1n) is 8.29. The number of aromatic nitrogens is 2. The Morgan fingerprint density at radius 2 is 1.73 bits per heavy atom. The fraction of sp³-hybridized carbons (Fsp3) is 0.158. The van der Waals surface area contributed by atoms with E-state index < -0.39 is 10.0 Å². The highest BCUT2D eigenvalue weighted by atomic mass is 32.2. The Kier molecular flexibility index (Phi) is 5.48. The normalized spacial score (nSPS) is 11.1. The van der Waals surface area contributed by atoms with Gasteiger partial charge in [-0.1, -0.05) is 24.3 Å². The highest BCUT2D eigenvalue weighted by Gasteiger charge is 2.23. The van der Waals surface area contributed by atoms with Crippen LogP contribution in [0, 0.1) is 0 Å². The van der Waals surface area contributed by atoms with Gasteiger partial charge in [-0.15, -0.1) is 0 Å². The van der Waals surface area contributed by atoms with Crippen molar-refractivity contribution in [3.63, 3.8) is 0 Å². The van der Waals surface area contributed by atoms with Crippen LogP contribution in [0.25, 0.3) is 0 Å². The summed E-state index contributed by atoms with van der Waals surface area (Å²) in [7, 11) is -3.66. The van der Waals surface area contributed by atoms with Gasteiger partial charge < -0.3 is 5.32 Å². The summed E-state index contributed by atoms with van der Waals surface area (Å²) in [4.78, 5) is 8.61. The molecule has 0 unspecified atom stereocenters. The van der Waals surface area contributed by atoms with Gasteiger partial charge in [-0.3, -0.25) is 9.29 Å². The van der Waals surface area contributed by atoms with Gasteiger partial charge >= 0.3 is 0 Å². The molecule has 0 fully saturated rings. The lowest BCUT2D eigenvalue weighted by atomic mass is 10.3. The number of rotatable bonds is 7. The molecule has 0 saturated carbocycles. The second-order valence-electron chi connectivity index (χ2n) is 5.56. The zero-order chi connectivity index (χ0) is 18.4. The van der Waals surface area contributed by atoms with E-state index in [0.29, 0.717) is 24.6 Å². The summed E-state index contributed by atoms with van der Waals surface area (Å²) < 4.78 is 27.2. The van der Waals surface area contributed by atoms with Gasteiger partial charge in [-0.25, -0.2) is 13.4 Å². The zero-order valence-corrected chi connectivity index (χ0v) is 15.2. The monoisotopic (exact) mass is 368 g/mol. The fourth-order valence-electron chi connectivity index (χ4n) is 2.53. The van der Waals surface area contributed by atoms with Gasteiger partial charge in [0.05, 0.1) is 17.9 Å². The third-order valence-corrected chi connectivity index (χ3v) is 5.72. The van der Waals surface area contributed by atoms with Gasteiger partial charge in [0.15, 0.2) is 0 Å². The van der Waals surface area contributed by atoms with Crippen molar-refractivity contribution < 1.29 is 8.42 Å². The van der Waals surface area contributed by atoms with Crippen molar-refractivity contribution in [3.8, 4) is 0 Å². The summed E-state index contributed by atoms with van der Waals surface area (Å²) in [5.74, 6) is 0.595. The highest BCUT2D eigenvalue weighted by Crippen LogP contribution is 2.23. The Morgan fingerprint density at radius 3 is 2.35 bits per heavy atom. The van der Waals surface area contributed by atoms with E-state index in [9.17, 15) is 8.42 Å². The van der Waals surface area contributed by atoms with E-state index in [1.807, 2.05) is 36.4 Å². The van der Waals surface area contributed by atoms with Crippen LogP contribution in [0.4, 0.5) is 11.5 Å². The fourth-order valence-corrected chi connectivity index (χ4v) is 3.95. The molecule has 1 aromatic carbocycles. The predicted molar refractivity (Wildman–Crippen MR) is 102 cm³/mol. The zero-order valence-electron chi connectivity index (χ0n) is 14.4. The minimum absolute atomic E-state index is 0.159. The summed E-state index contributed by atoms with van der Waals surface area (Å²) >= 11 is 0. The molecule has 3 aromatic rings. The molecule has 0 aliphatic carbocycles. The van der Waals surface area contributed by atoms with E-state index >= 15 is 0 Å². The minimum Gasteiger partial charge on any atom is -0.364 e. The van der Waals surface area contributed by atoms with Crippen LogP contribution in [-0.2, 0) is 16.6 Å². The Balaban J connectivity index is 1.76. The number of para-hydroxylation sites is 1. The quantitative estimate of drug-likeness (QED) is 0.692. The molecule has 0 spiro atoms. The maximum Gasteiger partial charge on any atom is 0.265 e. The second kappa shape index (κ2) is 7.97. The summed E-state index contributed by atoms with van der Waals surface area (Å²) in [5.41, 5.74) is 1.51. The Morgan fingerprint density at radius 1 is 0.962 bits per heavy atom. The molecule has 0 radical (unpaired) electrons. The van der Waals surface area contributed by atoms with Crippen molar-refractivity contribution in [3.05, 3.63) is 78.8 Å². The van der Waals surface area contributed by atoms with E-state index in [1.54, 1.807) is 37.4 Å². The minimum atomic E-state index is -3.66. The average Bonchev–Trinajstić information content (AvgIpc) is 2.69. The van der Waals surface area contributed by atoms with Crippen LogP contribution in [0.2, 0.25) is 0 Å². The van der Waals surface area contributed by atoms with Gasteiger partial charge in [0.1, 0.15) is 10.7 Å². The molecule has 3 rings (SSSR count). The van der Waals surface area contributed by atoms with E-state index in [2.05, 4.69) is 15.3 Å². The number of benzene rings is 1. The molecule has 0 aliphatic rings. The molecule has 0 bridgehead atoms. The lowest BCUT2D eigenvalue weighted by Crippen LogP contribution is -2.30. The second-order valence-corrected chi connectivity index (χ2v) is 7.42. The molecule has 2 heterocycles. The van der Waals surface area contributed by atoms with Gasteiger partial charge in [-0.05, 0) is 43.3 Å². The van der Waals surface area contributed by atoms with Gasteiger partial charge in [0, 0.05) is 18.9 Å². The first kappa shape index (κ1) is 17.9. The van der Waals surface area contributed by atoms with Gasteiger partial charge in [0.2, 0.25) is 0 Å². The van der Waals surface area contributed by atoms with E-state index in [0.717, 1.165) is 5.69 Å². The Bertz CT molecular complexity index is 930. The highest BCUT2D eigenvalue weighted by molar-refractivity contribution is 7.92. The molecule has 134 valence electrons. The molecule has 26 heavy (non-hydrogen) atoms. The number of hydrogen-bond donors (Lipinski definition) is 1. The van der Waals surface area contributed by atoms with Crippen molar-refractivity contribution in [2.24, 2.45) is 0 Å². The number of nitrogens with one attached hydrogen (secondary N) is 1. The first-order chi connectivity index (χ1) is 12.6. The van der Waals surface area contributed by atoms with Gasteiger partial charge in [-0.2, -0.15) is 0 Å². The molecule has 0 amide bonds. The molecular weight excluding hydrogens is 348 g/mol. The number of sulfonamides is 1. The van der Waals surface area contributed by atoms with E-state index in [1.165, 1.54) is 10.5 Å². The summed E-state index contributed by atoms with van der Waals surface area (Å²) in [5, 5.41) is 3.13. The first-order valence-corrected chi connectivity index (χ1v) is 9.73. The summed E-state index contributed by atoms with van der Waals surface area (Å²) in [6.45, 7) is 2.66. The van der Waals surface area contributed by atoms with Crippen LogP contribution in [-0.4, -0.2) is 24.9 Å². The molecule has 1 N–H and O–H groups in total. The van der Waals surface area contributed by atoms with Crippen LogP contribution >= 0.6 is 0 Å². The SMILES string of the molecule is CCN(c1ccccc1)S(=O)(=O)c1ccc(NCc2ccccn2)nc1. The largest absolute Gasteiger partial charge is 0.364 e. The smallest absolute Gasteiger partial charge is 0.265 e. The van der Waals surface area contributed by atoms with Crippen molar-refractivity contribution in [1.29, 1.82) is 0 Å². The van der Waals surface area contributed by atoms with Crippen molar-refractivity contribution >= 4 is 21.5 Å². The van der Waals surface area contributed by atoms with Gasteiger partial charge in [0.25, 0.3) is 10.0 Å². The lowest BCUT2D eigenvalue weighted by Gasteiger charge is -2.22. The number of hydrogen-bond acceptors (Lipinski definition) is 5. The maximum absolute atomic E-state index is 12.9. The summed E-state index contributed by atoms with van der Waals surface area (Å²) in [6.07, 6.45) is 3.10. The van der Waals surface area contributed by atoms with Crippen molar-refractivity contribution in [2.75, 3.05) is 16.2 Å². The molecule has 2 aromatic heterocycles. The molecule has 0 saturated heterocycles. The van der Waals surface area contributed by atoms with Crippen LogP contribution in [0.3, 0.4) is 0 Å². The molecular formula is C19H20N4O2S. The predicted octanol–water partition coefficient (Wildman–Crippen LogP) is 3.30. The number of anilines is 2. The number of pyridine rings is 2. The molecule has 0 atom stereocenters. The van der Waals surface area contributed by atoms with Crippen LogP contribution < -0.4 is 9.62 Å².